The molecule has 0 radical (unpaired) electrons. The smallest absolute Gasteiger partial charge is 0.416 e. The maximum absolute atomic E-state index is 12.9. The molecular weight excluding hydrogens is 429 g/mol. The molecule has 0 aromatic heterocycles. The van der Waals surface area contributed by atoms with Gasteiger partial charge in [0.2, 0.25) is 0 Å². The molecule has 2 N–H and O–H groups in total. The fourth-order valence-electron chi connectivity index (χ4n) is 2.68. The minimum atomic E-state index is -4.48. The van der Waals surface area contributed by atoms with Gasteiger partial charge in [0.05, 0.1) is 24.7 Å². The third kappa shape index (κ3) is 5.85. The van der Waals surface area contributed by atoms with Crippen LogP contribution < -0.4 is 19.5 Å². The minimum absolute atomic E-state index is 0.0636. The second-order valence-electron chi connectivity index (χ2n) is 6.33. The SMILES string of the molecule is COc1ccc(OC)c(SNc2cccc(C(=O)Nc3cccc(C(F)(F)F)c3)c2)c1. The van der Waals surface area contributed by atoms with Gasteiger partial charge in [0.1, 0.15) is 11.5 Å². The van der Waals surface area contributed by atoms with Gasteiger partial charge in [-0.25, -0.2) is 0 Å². The molecule has 0 heterocycles. The van der Waals surface area contributed by atoms with E-state index in [0.29, 0.717) is 22.7 Å². The van der Waals surface area contributed by atoms with Crippen LogP contribution in [0.15, 0.2) is 71.6 Å². The number of carbonyl (C=O) groups excluding carboxylic acids is 1. The predicted octanol–water partition coefficient (Wildman–Crippen LogP) is 6.09. The topological polar surface area (TPSA) is 59.6 Å². The van der Waals surface area contributed by atoms with Crippen molar-refractivity contribution in [1.29, 1.82) is 0 Å². The van der Waals surface area contributed by atoms with E-state index in [0.717, 1.165) is 17.0 Å². The van der Waals surface area contributed by atoms with Gasteiger partial charge in [0.15, 0.2) is 0 Å². The summed E-state index contributed by atoms with van der Waals surface area (Å²) < 4.78 is 52.3. The molecule has 3 aromatic carbocycles. The molecule has 1 amide bonds. The van der Waals surface area contributed by atoms with Crippen LogP contribution in [0.25, 0.3) is 0 Å². The predicted molar refractivity (Wildman–Crippen MR) is 115 cm³/mol. The first-order valence-electron chi connectivity index (χ1n) is 9.03. The highest BCUT2D eigenvalue weighted by molar-refractivity contribution is 8.00. The number of hydrogen-bond acceptors (Lipinski definition) is 5. The molecule has 3 rings (SSSR count). The van der Waals surface area contributed by atoms with Crippen molar-refractivity contribution in [3.8, 4) is 11.5 Å². The lowest BCUT2D eigenvalue weighted by molar-refractivity contribution is -0.137. The molecular formula is C22H19F3N2O3S. The molecule has 162 valence electrons. The lowest BCUT2D eigenvalue weighted by Crippen LogP contribution is -2.13. The molecule has 0 saturated carbocycles. The zero-order chi connectivity index (χ0) is 22.4. The molecule has 0 atom stereocenters. The van der Waals surface area contributed by atoms with E-state index < -0.39 is 17.6 Å². The molecule has 0 fully saturated rings. The minimum Gasteiger partial charge on any atom is -0.497 e. The molecule has 9 heteroatoms. The Hall–Kier alpha value is -3.33. The summed E-state index contributed by atoms with van der Waals surface area (Å²) in [5, 5.41) is 2.49. The molecule has 0 aliphatic carbocycles. The van der Waals surface area contributed by atoms with E-state index in [4.69, 9.17) is 9.47 Å². The van der Waals surface area contributed by atoms with Gasteiger partial charge in [-0.3, -0.25) is 4.79 Å². The van der Waals surface area contributed by atoms with E-state index >= 15 is 0 Å². The van der Waals surface area contributed by atoms with Gasteiger partial charge >= 0.3 is 6.18 Å². The Morgan fingerprint density at radius 1 is 0.903 bits per heavy atom. The summed E-state index contributed by atoms with van der Waals surface area (Å²) in [5.41, 5.74) is 0.158. The fraction of sp³-hybridized carbons (Fsp3) is 0.136. The molecule has 0 spiro atoms. The molecule has 3 aromatic rings. The van der Waals surface area contributed by atoms with Crippen molar-refractivity contribution in [2.45, 2.75) is 11.1 Å². The third-order valence-corrected chi connectivity index (χ3v) is 5.10. The van der Waals surface area contributed by atoms with Crippen LogP contribution in [0.5, 0.6) is 11.5 Å². The van der Waals surface area contributed by atoms with Crippen LogP contribution in [-0.4, -0.2) is 20.1 Å². The van der Waals surface area contributed by atoms with Crippen molar-refractivity contribution >= 4 is 29.2 Å². The number of carbonyl (C=O) groups is 1. The third-order valence-electron chi connectivity index (χ3n) is 4.22. The number of hydrogen-bond donors (Lipinski definition) is 2. The van der Waals surface area contributed by atoms with Crippen LogP contribution in [0.3, 0.4) is 0 Å². The van der Waals surface area contributed by atoms with Crippen LogP contribution >= 0.6 is 11.9 Å². The summed E-state index contributed by atoms with van der Waals surface area (Å²) in [7, 11) is 3.13. The fourth-order valence-corrected chi connectivity index (χ4v) is 3.46. The second kappa shape index (κ2) is 9.65. The number of alkyl halides is 3. The van der Waals surface area contributed by atoms with Crippen LogP contribution in [-0.2, 0) is 6.18 Å². The quantitative estimate of drug-likeness (QED) is 0.428. The molecule has 0 unspecified atom stereocenters. The van der Waals surface area contributed by atoms with Gasteiger partial charge < -0.3 is 19.5 Å². The Morgan fingerprint density at radius 3 is 2.35 bits per heavy atom. The Bertz CT molecular complexity index is 1070. The Morgan fingerprint density at radius 2 is 1.65 bits per heavy atom. The zero-order valence-electron chi connectivity index (χ0n) is 16.6. The highest BCUT2D eigenvalue weighted by Crippen LogP contribution is 2.34. The summed E-state index contributed by atoms with van der Waals surface area (Å²) in [6.45, 7) is 0. The van der Waals surface area contributed by atoms with Gasteiger partial charge in [-0.15, -0.1) is 0 Å². The monoisotopic (exact) mass is 448 g/mol. The zero-order valence-corrected chi connectivity index (χ0v) is 17.4. The number of halogens is 3. The van der Waals surface area contributed by atoms with Crippen molar-refractivity contribution in [2.24, 2.45) is 0 Å². The maximum Gasteiger partial charge on any atom is 0.416 e. The highest BCUT2D eigenvalue weighted by atomic mass is 32.2. The maximum atomic E-state index is 12.9. The normalized spacial score (nSPS) is 11.0. The van der Waals surface area contributed by atoms with Crippen molar-refractivity contribution in [3.63, 3.8) is 0 Å². The number of amides is 1. The largest absolute Gasteiger partial charge is 0.497 e. The Balaban J connectivity index is 1.71. The summed E-state index contributed by atoms with van der Waals surface area (Å²) in [6.07, 6.45) is -4.48. The van der Waals surface area contributed by atoms with Gasteiger partial charge in [0, 0.05) is 16.9 Å². The van der Waals surface area contributed by atoms with Gasteiger partial charge in [-0.05, 0) is 66.5 Å². The van der Waals surface area contributed by atoms with E-state index in [9.17, 15) is 18.0 Å². The van der Waals surface area contributed by atoms with Gasteiger partial charge in [-0.1, -0.05) is 12.1 Å². The molecule has 5 nitrogen and oxygen atoms in total. The lowest BCUT2D eigenvalue weighted by atomic mass is 10.1. The molecule has 0 saturated heterocycles. The first-order chi connectivity index (χ1) is 14.8. The highest BCUT2D eigenvalue weighted by Gasteiger charge is 2.30. The van der Waals surface area contributed by atoms with Gasteiger partial charge in [0.25, 0.3) is 5.91 Å². The van der Waals surface area contributed by atoms with E-state index in [1.807, 2.05) is 0 Å². The number of benzene rings is 3. The summed E-state index contributed by atoms with van der Waals surface area (Å²) in [4.78, 5) is 13.3. The van der Waals surface area contributed by atoms with Crippen LogP contribution in [0.4, 0.5) is 24.5 Å². The van der Waals surface area contributed by atoms with E-state index in [1.165, 1.54) is 24.1 Å². The standard InChI is InChI=1S/C22H19F3N2O3S/c1-29-18-9-10-19(30-2)20(13-18)31-27-17-8-3-5-14(11-17)21(28)26-16-7-4-6-15(12-16)22(23,24)25/h3-13,27H,1-2H3,(H,26,28). The molecule has 0 bridgehead atoms. The Labute approximate surface area is 181 Å². The van der Waals surface area contributed by atoms with Crippen molar-refractivity contribution in [1.82, 2.24) is 0 Å². The summed E-state index contributed by atoms with van der Waals surface area (Å²) in [5.74, 6) is 0.794. The number of nitrogens with one attached hydrogen (secondary N) is 2. The second-order valence-corrected chi connectivity index (χ2v) is 7.18. The Kier molecular flexibility index (Phi) is 6.96. The molecule has 31 heavy (non-hydrogen) atoms. The van der Waals surface area contributed by atoms with E-state index in [2.05, 4.69) is 10.0 Å². The average molecular weight is 448 g/mol. The first-order valence-corrected chi connectivity index (χ1v) is 9.85. The number of anilines is 2. The number of rotatable bonds is 7. The van der Waals surface area contributed by atoms with E-state index in [-0.39, 0.29) is 5.69 Å². The number of ether oxygens (including phenoxy) is 2. The van der Waals surface area contributed by atoms with Crippen LogP contribution in [0.1, 0.15) is 15.9 Å². The lowest BCUT2D eigenvalue weighted by Gasteiger charge is -2.12. The number of methoxy groups -OCH3 is 2. The van der Waals surface area contributed by atoms with Crippen molar-refractivity contribution < 1.29 is 27.4 Å². The van der Waals surface area contributed by atoms with Crippen LogP contribution in [0.2, 0.25) is 0 Å². The summed E-state index contributed by atoms with van der Waals surface area (Å²) in [6, 6.07) is 16.5. The van der Waals surface area contributed by atoms with Gasteiger partial charge in [-0.2, -0.15) is 13.2 Å². The molecule has 0 aliphatic heterocycles. The van der Waals surface area contributed by atoms with E-state index in [1.54, 1.807) is 56.7 Å². The average Bonchev–Trinajstić information content (AvgIpc) is 2.77. The summed E-state index contributed by atoms with van der Waals surface area (Å²) >= 11 is 1.27. The first kappa shape index (κ1) is 22.4. The molecule has 0 aliphatic rings. The van der Waals surface area contributed by atoms with Crippen molar-refractivity contribution in [3.05, 3.63) is 77.9 Å². The van der Waals surface area contributed by atoms with Crippen LogP contribution in [0, 0.1) is 0 Å². The van der Waals surface area contributed by atoms with Crippen molar-refractivity contribution in [2.75, 3.05) is 24.3 Å².